The summed E-state index contributed by atoms with van der Waals surface area (Å²) in [5, 5.41) is 6.68. The number of nitrogens with one attached hydrogen (secondary N) is 2. The lowest BCUT2D eigenvalue weighted by Gasteiger charge is -2.19. The molecule has 0 aliphatic heterocycles. The van der Waals surface area contributed by atoms with Crippen LogP contribution in [0.4, 0.5) is 5.69 Å². The molecule has 0 aliphatic rings. The highest BCUT2D eigenvalue weighted by molar-refractivity contribution is 6.02. The molecule has 142 valence electrons. The minimum Gasteiger partial charge on any atom is -0.336 e. The molecular weight excluding hydrogens is 362 g/mol. The fourth-order valence-corrected chi connectivity index (χ4v) is 3.12. The third kappa shape index (κ3) is 4.30. The van der Waals surface area contributed by atoms with Gasteiger partial charge in [-0.2, -0.15) is 0 Å². The van der Waals surface area contributed by atoms with Crippen molar-refractivity contribution >= 4 is 28.4 Å². The zero-order valence-corrected chi connectivity index (χ0v) is 15.6. The van der Waals surface area contributed by atoms with Crippen molar-refractivity contribution in [2.45, 2.75) is 6.04 Å². The van der Waals surface area contributed by atoms with Crippen molar-refractivity contribution in [1.82, 2.24) is 10.3 Å². The normalized spacial score (nSPS) is 11.6. The number of anilines is 1. The highest BCUT2D eigenvalue weighted by Crippen LogP contribution is 2.20. The average Bonchev–Trinajstić information content (AvgIpc) is 2.78. The van der Waals surface area contributed by atoms with Crippen LogP contribution in [0.2, 0.25) is 0 Å². The van der Waals surface area contributed by atoms with Crippen molar-refractivity contribution in [3.05, 3.63) is 108 Å². The number of hydrogen-bond donors (Lipinski definition) is 2. The van der Waals surface area contributed by atoms with E-state index < -0.39 is 6.04 Å². The molecule has 4 aromatic rings. The summed E-state index contributed by atoms with van der Waals surface area (Å²) in [6.07, 6.45) is 1.73. The second kappa shape index (κ2) is 8.35. The summed E-state index contributed by atoms with van der Waals surface area (Å²) in [7, 11) is 0. The standard InChI is InChI=1S/C24H19N3O2/c28-23(18-10-5-2-6-11-18)27-22(17-8-3-1-4-9-17)24(29)26-20-13-14-21-19(16-20)12-7-15-25-21/h1-16,22H,(H,26,29)(H,27,28). The number of nitrogens with zero attached hydrogens (tertiary/aromatic N) is 1. The zero-order valence-electron chi connectivity index (χ0n) is 15.6. The van der Waals surface area contributed by atoms with Crippen LogP contribution < -0.4 is 10.6 Å². The van der Waals surface area contributed by atoms with E-state index >= 15 is 0 Å². The number of hydrogen-bond acceptors (Lipinski definition) is 3. The van der Waals surface area contributed by atoms with Gasteiger partial charge in [-0.3, -0.25) is 14.6 Å². The summed E-state index contributed by atoms with van der Waals surface area (Å²) in [5.41, 5.74) is 2.70. The van der Waals surface area contributed by atoms with Crippen LogP contribution in [0.25, 0.3) is 10.9 Å². The van der Waals surface area contributed by atoms with Crippen LogP contribution >= 0.6 is 0 Å². The molecule has 1 atom stereocenters. The molecule has 0 saturated carbocycles. The third-order valence-corrected chi connectivity index (χ3v) is 4.58. The van der Waals surface area contributed by atoms with Gasteiger partial charge in [0.05, 0.1) is 5.52 Å². The molecule has 0 saturated heterocycles. The van der Waals surface area contributed by atoms with Crippen LogP contribution in [0.3, 0.4) is 0 Å². The maximum atomic E-state index is 13.1. The molecule has 0 radical (unpaired) electrons. The second-order valence-corrected chi connectivity index (χ2v) is 6.58. The lowest BCUT2D eigenvalue weighted by atomic mass is 10.0. The highest BCUT2D eigenvalue weighted by Gasteiger charge is 2.23. The van der Waals surface area contributed by atoms with Crippen molar-refractivity contribution in [1.29, 1.82) is 0 Å². The molecule has 3 aromatic carbocycles. The fourth-order valence-electron chi connectivity index (χ4n) is 3.12. The molecule has 29 heavy (non-hydrogen) atoms. The van der Waals surface area contributed by atoms with Gasteiger partial charge in [0.2, 0.25) is 0 Å². The van der Waals surface area contributed by atoms with E-state index in [2.05, 4.69) is 15.6 Å². The first-order valence-electron chi connectivity index (χ1n) is 9.27. The van der Waals surface area contributed by atoms with Crippen LogP contribution in [-0.4, -0.2) is 16.8 Å². The number of rotatable bonds is 5. The maximum absolute atomic E-state index is 13.1. The van der Waals surface area contributed by atoms with Gasteiger partial charge in [0.1, 0.15) is 6.04 Å². The molecule has 0 aliphatic carbocycles. The quantitative estimate of drug-likeness (QED) is 0.540. The number of aromatic nitrogens is 1. The van der Waals surface area contributed by atoms with Crippen LogP contribution in [-0.2, 0) is 4.79 Å². The number of amides is 2. The van der Waals surface area contributed by atoms with Crippen LogP contribution in [0.5, 0.6) is 0 Å². The van der Waals surface area contributed by atoms with Crippen molar-refractivity contribution in [3.8, 4) is 0 Å². The summed E-state index contributed by atoms with van der Waals surface area (Å²) in [4.78, 5) is 30.0. The Kier molecular flexibility index (Phi) is 5.29. The summed E-state index contributed by atoms with van der Waals surface area (Å²) in [6.45, 7) is 0. The molecule has 1 aromatic heterocycles. The average molecular weight is 381 g/mol. The Morgan fingerprint density at radius 3 is 2.28 bits per heavy atom. The summed E-state index contributed by atoms with van der Waals surface area (Å²) in [6, 6.07) is 26.5. The van der Waals surface area contributed by atoms with Gasteiger partial charge in [-0.1, -0.05) is 54.6 Å². The maximum Gasteiger partial charge on any atom is 0.252 e. The first kappa shape index (κ1) is 18.4. The molecule has 5 nitrogen and oxygen atoms in total. The van der Waals surface area contributed by atoms with E-state index in [9.17, 15) is 9.59 Å². The summed E-state index contributed by atoms with van der Waals surface area (Å²) < 4.78 is 0. The van der Waals surface area contributed by atoms with Gasteiger partial charge in [0.15, 0.2) is 0 Å². The van der Waals surface area contributed by atoms with Crippen LogP contribution in [0.15, 0.2) is 97.2 Å². The van der Waals surface area contributed by atoms with E-state index in [-0.39, 0.29) is 11.8 Å². The molecule has 0 spiro atoms. The van der Waals surface area contributed by atoms with Crippen molar-refractivity contribution in [2.24, 2.45) is 0 Å². The van der Waals surface area contributed by atoms with Gasteiger partial charge in [-0.15, -0.1) is 0 Å². The molecule has 0 fully saturated rings. The third-order valence-electron chi connectivity index (χ3n) is 4.58. The van der Waals surface area contributed by atoms with E-state index in [1.807, 2.05) is 60.7 Å². The Labute approximate surface area is 168 Å². The minimum absolute atomic E-state index is 0.308. The fraction of sp³-hybridized carbons (Fsp3) is 0.0417. The topological polar surface area (TPSA) is 71.1 Å². The molecule has 1 heterocycles. The monoisotopic (exact) mass is 381 g/mol. The number of carbonyl (C=O) groups excluding carboxylic acids is 2. The molecule has 0 bridgehead atoms. The van der Waals surface area contributed by atoms with E-state index in [1.165, 1.54) is 0 Å². The first-order valence-corrected chi connectivity index (χ1v) is 9.27. The van der Waals surface area contributed by atoms with Crippen LogP contribution in [0.1, 0.15) is 22.0 Å². The molecule has 4 rings (SSSR count). The van der Waals surface area contributed by atoms with E-state index in [4.69, 9.17) is 0 Å². The highest BCUT2D eigenvalue weighted by atomic mass is 16.2. The number of fused-ring (bicyclic) bond motifs is 1. The second-order valence-electron chi connectivity index (χ2n) is 6.58. The molecule has 1 unspecified atom stereocenters. The zero-order chi connectivity index (χ0) is 20.1. The van der Waals surface area contributed by atoms with Crippen molar-refractivity contribution in [3.63, 3.8) is 0 Å². The summed E-state index contributed by atoms with van der Waals surface area (Å²) in [5.74, 6) is -0.624. The Morgan fingerprint density at radius 2 is 1.52 bits per heavy atom. The predicted molar refractivity (Wildman–Crippen MR) is 113 cm³/mol. The molecule has 2 N–H and O–H groups in total. The van der Waals surface area contributed by atoms with Gasteiger partial charge < -0.3 is 10.6 Å². The Balaban J connectivity index is 1.59. The van der Waals surface area contributed by atoms with Gasteiger partial charge >= 0.3 is 0 Å². The van der Waals surface area contributed by atoms with Gasteiger partial charge in [-0.05, 0) is 42.0 Å². The SMILES string of the molecule is O=C(NC(C(=O)Nc1ccc2ncccc2c1)c1ccccc1)c1ccccc1. The number of benzene rings is 3. The lowest BCUT2D eigenvalue weighted by molar-refractivity contribution is -0.118. The van der Waals surface area contributed by atoms with Gasteiger partial charge in [0.25, 0.3) is 11.8 Å². The van der Waals surface area contributed by atoms with E-state index in [1.54, 1.807) is 36.5 Å². The van der Waals surface area contributed by atoms with Gasteiger partial charge in [-0.25, -0.2) is 0 Å². The predicted octanol–water partition coefficient (Wildman–Crippen LogP) is 4.34. The van der Waals surface area contributed by atoms with Crippen LogP contribution in [0, 0.1) is 0 Å². The van der Waals surface area contributed by atoms with Crippen molar-refractivity contribution in [2.75, 3.05) is 5.32 Å². The molecular formula is C24H19N3O2. The lowest BCUT2D eigenvalue weighted by Crippen LogP contribution is -2.37. The minimum atomic E-state index is -0.825. The number of pyridine rings is 1. The first-order chi connectivity index (χ1) is 14.2. The Bertz CT molecular complexity index is 1140. The van der Waals surface area contributed by atoms with E-state index in [0.717, 1.165) is 10.9 Å². The van der Waals surface area contributed by atoms with Crippen molar-refractivity contribution < 1.29 is 9.59 Å². The molecule has 5 heteroatoms. The van der Waals surface area contributed by atoms with Gasteiger partial charge in [0, 0.05) is 22.8 Å². The Hall–Kier alpha value is -3.99. The molecule has 2 amide bonds. The smallest absolute Gasteiger partial charge is 0.252 e. The number of carbonyl (C=O) groups is 2. The largest absolute Gasteiger partial charge is 0.336 e. The van der Waals surface area contributed by atoms with E-state index in [0.29, 0.717) is 16.8 Å². The Morgan fingerprint density at radius 1 is 0.793 bits per heavy atom. The summed E-state index contributed by atoms with van der Waals surface area (Å²) >= 11 is 0.